The molecule has 0 saturated carbocycles. The third kappa shape index (κ3) is 4.88. The topological polar surface area (TPSA) is 25.4 Å². The lowest BCUT2D eigenvalue weighted by atomic mass is 10.4. The summed E-state index contributed by atoms with van der Waals surface area (Å²) < 4.78 is 5.76. The highest BCUT2D eigenvalue weighted by Gasteiger charge is 2.19. The molecule has 1 fully saturated rings. The Bertz CT molecular complexity index is 332. The number of hydrogen-bond donors (Lipinski definition) is 0. The fraction of sp³-hybridized carbons (Fsp3) is 0.545. The van der Waals surface area contributed by atoms with Gasteiger partial charge >= 0.3 is 0 Å². The van der Waals surface area contributed by atoms with Gasteiger partial charge in [0.1, 0.15) is 12.0 Å². The largest absolute Gasteiger partial charge is 0.474 e. The summed E-state index contributed by atoms with van der Waals surface area (Å²) in [5.41, 5.74) is 0. The van der Waals surface area contributed by atoms with Crippen LogP contribution >= 0.6 is 36.4 Å². The second-order valence-electron chi connectivity index (χ2n) is 3.80. The molecular formula is C11H17Cl3N2O. The molecule has 0 radical (unpaired) electrons. The van der Waals surface area contributed by atoms with Crippen LogP contribution in [-0.4, -0.2) is 29.2 Å². The predicted molar refractivity (Wildman–Crippen MR) is 74.6 cm³/mol. The third-order valence-electron chi connectivity index (χ3n) is 2.64. The highest BCUT2D eigenvalue weighted by Crippen LogP contribution is 2.19. The summed E-state index contributed by atoms with van der Waals surface area (Å²) in [6.07, 6.45) is 5.93. The molecule has 0 spiro atoms. The number of aromatic nitrogens is 1. The van der Waals surface area contributed by atoms with E-state index in [1.54, 1.807) is 18.5 Å². The smallest absolute Gasteiger partial charge is 0.149 e. The Kier molecular flexibility index (Phi) is 7.88. The molecule has 1 aromatic rings. The van der Waals surface area contributed by atoms with E-state index >= 15 is 0 Å². The van der Waals surface area contributed by atoms with Gasteiger partial charge in [-0.25, -0.2) is 0 Å². The van der Waals surface area contributed by atoms with Crippen LogP contribution in [0.3, 0.4) is 0 Å². The van der Waals surface area contributed by atoms with Crippen molar-refractivity contribution >= 4 is 36.4 Å². The molecule has 2 rings (SSSR count). The molecule has 1 saturated heterocycles. The van der Waals surface area contributed by atoms with Gasteiger partial charge < -0.3 is 4.74 Å². The molecule has 0 bridgehead atoms. The number of halogens is 3. The Morgan fingerprint density at radius 3 is 2.53 bits per heavy atom. The molecule has 0 aromatic carbocycles. The maximum absolute atomic E-state index is 5.83. The van der Waals surface area contributed by atoms with Crippen LogP contribution in [0, 0.1) is 0 Å². The lowest BCUT2D eigenvalue weighted by Gasteiger charge is -2.24. The summed E-state index contributed by atoms with van der Waals surface area (Å²) in [6, 6.07) is 1.79. The first-order valence-electron chi connectivity index (χ1n) is 5.27. The molecule has 6 heteroatoms. The first kappa shape index (κ1) is 16.8. The minimum Gasteiger partial charge on any atom is -0.474 e. The van der Waals surface area contributed by atoms with Crippen LogP contribution in [0.15, 0.2) is 18.5 Å². The van der Waals surface area contributed by atoms with E-state index in [9.17, 15) is 0 Å². The van der Waals surface area contributed by atoms with Crippen LogP contribution in [0.2, 0.25) is 5.02 Å². The van der Waals surface area contributed by atoms with Crippen molar-refractivity contribution in [1.82, 2.24) is 9.88 Å². The van der Waals surface area contributed by atoms with Gasteiger partial charge in [-0.05, 0) is 19.8 Å². The van der Waals surface area contributed by atoms with Crippen LogP contribution in [0.5, 0.6) is 5.75 Å². The molecule has 1 aromatic heterocycles. The Balaban J connectivity index is 0.00000128. The number of pyridine rings is 1. The standard InChI is InChI=1S/C11H15ClN2O.2ClH/c1-9(14-4-2-3-5-14)15-11-6-10(12)7-13-8-11;;/h6-9H,2-5H2,1H3;2*1H/t9-;;/m1../s1. The Hall–Kier alpha value is -0.220. The van der Waals surface area contributed by atoms with Crippen LogP contribution in [-0.2, 0) is 0 Å². The zero-order valence-corrected chi connectivity index (χ0v) is 12.0. The summed E-state index contributed by atoms with van der Waals surface area (Å²) in [5.74, 6) is 0.738. The van der Waals surface area contributed by atoms with Crippen LogP contribution in [0.1, 0.15) is 19.8 Å². The van der Waals surface area contributed by atoms with E-state index in [2.05, 4.69) is 16.8 Å². The SMILES string of the molecule is C[C@@H](Oc1cncc(Cl)c1)N1CCCC1.Cl.Cl. The Morgan fingerprint density at radius 1 is 1.29 bits per heavy atom. The highest BCUT2D eigenvalue weighted by atomic mass is 35.5. The zero-order chi connectivity index (χ0) is 10.7. The lowest BCUT2D eigenvalue weighted by molar-refractivity contribution is 0.0589. The van der Waals surface area contributed by atoms with E-state index in [1.807, 2.05) is 0 Å². The lowest BCUT2D eigenvalue weighted by Crippen LogP contribution is -2.34. The van der Waals surface area contributed by atoms with Gasteiger partial charge in [-0.1, -0.05) is 11.6 Å². The Morgan fingerprint density at radius 2 is 1.94 bits per heavy atom. The van der Waals surface area contributed by atoms with Crippen molar-refractivity contribution in [2.45, 2.75) is 26.0 Å². The molecule has 1 aliphatic heterocycles. The van der Waals surface area contributed by atoms with Gasteiger partial charge in [-0.3, -0.25) is 9.88 Å². The predicted octanol–water partition coefficient (Wildman–Crippen LogP) is 3.40. The van der Waals surface area contributed by atoms with Gasteiger partial charge in [-0.2, -0.15) is 0 Å². The van der Waals surface area contributed by atoms with Gasteiger partial charge in [0.25, 0.3) is 0 Å². The van der Waals surface area contributed by atoms with Crippen molar-refractivity contribution < 1.29 is 4.74 Å². The van der Waals surface area contributed by atoms with Gasteiger partial charge in [0, 0.05) is 25.4 Å². The van der Waals surface area contributed by atoms with Gasteiger partial charge in [0.05, 0.1) is 11.2 Å². The number of likely N-dealkylation sites (tertiary alicyclic amines) is 1. The average Bonchev–Trinajstić information content (AvgIpc) is 2.70. The van der Waals surface area contributed by atoms with Gasteiger partial charge in [0.2, 0.25) is 0 Å². The first-order chi connectivity index (χ1) is 7.25. The summed E-state index contributed by atoms with van der Waals surface area (Å²) in [6.45, 7) is 4.30. The average molecular weight is 300 g/mol. The van der Waals surface area contributed by atoms with Gasteiger partial charge in [-0.15, -0.1) is 24.8 Å². The maximum atomic E-state index is 5.83. The fourth-order valence-corrected chi connectivity index (χ4v) is 2.00. The van der Waals surface area contributed by atoms with E-state index in [1.165, 1.54) is 12.8 Å². The second kappa shape index (κ2) is 7.98. The maximum Gasteiger partial charge on any atom is 0.149 e. The molecule has 0 unspecified atom stereocenters. The van der Waals surface area contributed by atoms with Crippen molar-refractivity contribution in [2.75, 3.05) is 13.1 Å². The van der Waals surface area contributed by atoms with E-state index < -0.39 is 0 Å². The monoisotopic (exact) mass is 298 g/mol. The summed E-state index contributed by atoms with van der Waals surface area (Å²) in [4.78, 5) is 6.31. The van der Waals surface area contributed by atoms with Crippen molar-refractivity contribution in [3.8, 4) is 5.75 Å². The van der Waals surface area contributed by atoms with Crippen molar-refractivity contribution in [3.63, 3.8) is 0 Å². The number of ether oxygens (including phenoxy) is 1. The van der Waals surface area contributed by atoms with Crippen molar-refractivity contribution in [3.05, 3.63) is 23.5 Å². The summed E-state index contributed by atoms with van der Waals surface area (Å²) in [5, 5.41) is 0.612. The quantitative estimate of drug-likeness (QED) is 0.855. The number of nitrogens with zero attached hydrogens (tertiary/aromatic N) is 2. The van der Waals surface area contributed by atoms with E-state index in [0.717, 1.165) is 18.8 Å². The Labute approximate surface area is 119 Å². The molecule has 1 atom stereocenters. The molecule has 17 heavy (non-hydrogen) atoms. The van der Waals surface area contributed by atoms with Crippen molar-refractivity contribution in [2.24, 2.45) is 0 Å². The van der Waals surface area contributed by atoms with Gasteiger partial charge in [0.15, 0.2) is 0 Å². The number of rotatable bonds is 3. The normalized spacial score (nSPS) is 16.8. The minimum absolute atomic E-state index is 0. The number of hydrogen-bond acceptors (Lipinski definition) is 3. The first-order valence-corrected chi connectivity index (χ1v) is 5.65. The second-order valence-corrected chi connectivity index (χ2v) is 4.24. The molecule has 0 N–H and O–H groups in total. The van der Waals surface area contributed by atoms with E-state index in [4.69, 9.17) is 16.3 Å². The molecule has 0 amide bonds. The summed E-state index contributed by atoms with van der Waals surface area (Å²) >= 11 is 5.83. The molecule has 2 heterocycles. The molecular weight excluding hydrogens is 282 g/mol. The third-order valence-corrected chi connectivity index (χ3v) is 2.85. The van der Waals surface area contributed by atoms with E-state index in [-0.39, 0.29) is 31.0 Å². The highest BCUT2D eigenvalue weighted by molar-refractivity contribution is 6.30. The van der Waals surface area contributed by atoms with E-state index in [0.29, 0.717) is 5.02 Å². The molecule has 98 valence electrons. The van der Waals surface area contributed by atoms with Crippen molar-refractivity contribution in [1.29, 1.82) is 0 Å². The molecule has 0 aliphatic carbocycles. The van der Waals surface area contributed by atoms with Crippen LogP contribution in [0.4, 0.5) is 0 Å². The fourth-order valence-electron chi connectivity index (χ4n) is 1.83. The van der Waals surface area contributed by atoms with Crippen LogP contribution < -0.4 is 4.74 Å². The molecule has 1 aliphatic rings. The zero-order valence-electron chi connectivity index (χ0n) is 9.63. The minimum atomic E-state index is 0. The van der Waals surface area contributed by atoms with Crippen LogP contribution in [0.25, 0.3) is 0 Å². The molecule has 3 nitrogen and oxygen atoms in total. The summed E-state index contributed by atoms with van der Waals surface area (Å²) in [7, 11) is 0.